The van der Waals surface area contributed by atoms with Gasteiger partial charge in [0.1, 0.15) is 6.04 Å². The van der Waals surface area contributed by atoms with Crippen LogP contribution in [0, 0.1) is 0 Å². The number of rotatable bonds is 4. The number of amides is 1. The lowest BCUT2D eigenvalue weighted by Crippen LogP contribution is -2.39. The molecule has 1 aromatic carbocycles. The topological polar surface area (TPSA) is 46.3 Å². The molecule has 3 heteroatoms. The highest BCUT2D eigenvalue weighted by atomic mass is 16.2. The summed E-state index contributed by atoms with van der Waals surface area (Å²) in [4.78, 5) is 14.1. The highest BCUT2D eigenvalue weighted by Gasteiger charge is 2.33. The van der Waals surface area contributed by atoms with E-state index in [4.69, 9.17) is 5.73 Å². The average Bonchev–Trinajstić information content (AvgIpc) is 3.14. The Morgan fingerprint density at radius 1 is 1.44 bits per heavy atom. The quantitative estimate of drug-likeness (QED) is 0.836. The number of benzene rings is 1. The number of hydrogen-bond acceptors (Lipinski definition) is 2. The van der Waals surface area contributed by atoms with Crippen LogP contribution in [0.25, 0.3) is 0 Å². The van der Waals surface area contributed by atoms with E-state index in [0.717, 1.165) is 24.9 Å². The summed E-state index contributed by atoms with van der Waals surface area (Å²) >= 11 is 0. The first-order valence-corrected chi connectivity index (χ1v) is 5.85. The van der Waals surface area contributed by atoms with Crippen molar-refractivity contribution in [2.75, 3.05) is 6.54 Å². The molecule has 2 rings (SSSR count). The first-order chi connectivity index (χ1) is 7.74. The van der Waals surface area contributed by atoms with Gasteiger partial charge in [-0.2, -0.15) is 0 Å². The van der Waals surface area contributed by atoms with Gasteiger partial charge in [-0.15, -0.1) is 0 Å². The van der Waals surface area contributed by atoms with Crippen molar-refractivity contribution in [2.24, 2.45) is 5.73 Å². The zero-order chi connectivity index (χ0) is 11.5. The first kappa shape index (κ1) is 11.1. The molecule has 0 bridgehead atoms. The molecule has 1 aliphatic rings. The lowest BCUT2D eigenvalue weighted by molar-refractivity contribution is -0.133. The van der Waals surface area contributed by atoms with Crippen molar-refractivity contribution in [1.29, 1.82) is 0 Å². The van der Waals surface area contributed by atoms with E-state index in [9.17, 15) is 4.79 Å². The molecule has 1 aromatic rings. The maximum absolute atomic E-state index is 12.2. The van der Waals surface area contributed by atoms with E-state index >= 15 is 0 Å². The largest absolute Gasteiger partial charge is 0.338 e. The number of carbonyl (C=O) groups is 1. The Hall–Kier alpha value is -1.35. The van der Waals surface area contributed by atoms with Gasteiger partial charge < -0.3 is 10.6 Å². The Kier molecular flexibility index (Phi) is 3.25. The maximum atomic E-state index is 12.2. The van der Waals surface area contributed by atoms with Gasteiger partial charge in [0.25, 0.3) is 0 Å². The number of nitrogens with two attached hydrogens (primary N) is 1. The fourth-order valence-electron chi connectivity index (χ4n) is 1.96. The molecule has 1 saturated carbocycles. The van der Waals surface area contributed by atoms with Crippen LogP contribution in [-0.4, -0.2) is 23.4 Å². The van der Waals surface area contributed by atoms with Crippen LogP contribution in [-0.2, 0) is 4.79 Å². The summed E-state index contributed by atoms with van der Waals surface area (Å²) < 4.78 is 0. The molecule has 1 aliphatic carbocycles. The summed E-state index contributed by atoms with van der Waals surface area (Å²) in [5.74, 6) is 0.0520. The standard InChI is InChI=1S/C13H18N2O/c1-2-15(11-8-9-11)13(16)12(14)10-6-4-3-5-7-10/h3-7,11-12H,2,8-9,14H2,1H3. The molecule has 0 radical (unpaired) electrons. The molecule has 86 valence electrons. The molecule has 3 nitrogen and oxygen atoms in total. The van der Waals surface area contributed by atoms with Crippen LogP contribution in [0.15, 0.2) is 30.3 Å². The van der Waals surface area contributed by atoms with Gasteiger partial charge in [0.15, 0.2) is 0 Å². The molecular formula is C13H18N2O. The molecule has 0 saturated heterocycles. The van der Waals surface area contributed by atoms with Gasteiger partial charge in [-0.25, -0.2) is 0 Å². The van der Waals surface area contributed by atoms with Crippen LogP contribution in [0.4, 0.5) is 0 Å². The molecule has 1 amide bonds. The van der Waals surface area contributed by atoms with E-state index in [1.165, 1.54) is 0 Å². The van der Waals surface area contributed by atoms with E-state index < -0.39 is 6.04 Å². The van der Waals surface area contributed by atoms with Crippen LogP contribution in [0.2, 0.25) is 0 Å². The summed E-state index contributed by atoms with van der Waals surface area (Å²) in [5, 5.41) is 0. The monoisotopic (exact) mass is 218 g/mol. The minimum absolute atomic E-state index is 0.0520. The summed E-state index contributed by atoms with van der Waals surface area (Å²) in [5.41, 5.74) is 6.88. The fourth-order valence-corrected chi connectivity index (χ4v) is 1.96. The van der Waals surface area contributed by atoms with Gasteiger partial charge in [-0.1, -0.05) is 30.3 Å². The van der Waals surface area contributed by atoms with E-state index in [1.807, 2.05) is 42.2 Å². The lowest BCUT2D eigenvalue weighted by Gasteiger charge is -2.24. The fraction of sp³-hybridized carbons (Fsp3) is 0.462. The van der Waals surface area contributed by atoms with Crippen molar-refractivity contribution in [2.45, 2.75) is 31.8 Å². The van der Waals surface area contributed by atoms with Crippen LogP contribution in [0.1, 0.15) is 31.4 Å². The molecule has 1 atom stereocenters. The minimum Gasteiger partial charge on any atom is -0.338 e. The molecule has 2 N–H and O–H groups in total. The smallest absolute Gasteiger partial charge is 0.244 e. The Balaban J connectivity index is 2.09. The summed E-state index contributed by atoms with van der Waals surface area (Å²) in [6.07, 6.45) is 2.25. The third-order valence-electron chi connectivity index (χ3n) is 3.04. The number of likely N-dealkylation sites (N-methyl/N-ethyl adjacent to an activating group) is 1. The summed E-state index contributed by atoms with van der Waals surface area (Å²) in [6, 6.07) is 9.49. The molecule has 1 fully saturated rings. The third-order valence-corrected chi connectivity index (χ3v) is 3.04. The lowest BCUT2D eigenvalue weighted by atomic mass is 10.1. The van der Waals surface area contributed by atoms with Crippen LogP contribution in [0.5, 0.6) is 0 Å². The Morgan fingerprint density at radius 2 is 2.06 bits per heavy atom. The summed E-state index contributed by atoms with van der Waals surface area (Å²) in [7, 11) is 0. The Labute approximate surface area is 96.2 Å². The SMILES string of the molecule is CCN(C(=O)C(N)c1ccccc1)C1CC1. The molecule has 0 aromatic heterocycles. The van der Waals surface area contributed by atoms with Crippen molar-refractivity contribution in [3.63, 3.8) is 0 Å². The average molecular weight is 218 g/mol. The number of carbonyl (C=O) groups excluding carboxylic acids is 1. The second kappa shape index (κ2) is 4.66. The summed E-state index contributed by atoms with van der Waals surface area (Å²) in [6.45, 7) is 2.76. The maximum Gasteiger partial charge on any atom is 0.244 e. The van der Waals surface area contributed by atoms with E-state index in [1.54, 1.807) is 0 Å². The van der Waals surface area contributed by atoms with Gasteiger partial charge in [0, 0.05) is 12.6 Å². The zero-order valence-electron chi connectivity index (χ0n) is 9.60. The number of hydrogen-bond donors (Lipinski definition) is 1. The number of nitrogens with zero attached hydrogens (tertiary/aromatic N) is 1. The van der Waals surface area contributed by atoms with Crippen molar-refractivity contribution in [3.05, 3.63) is 35.9 Å². The van der Waals surface area contributed by atoms with E-state index in [-0.39, 0.29) is 5.91 Å². The second-order valence-corrected chi connectivity index (χ2v) is 4.24. The minimum atomic E-state index is -0.512. The third kappa shape index (κ3) is 2.25. The van der Waals surface area contributed by atoms with Crippen molar-refractivity contribution >= 4 is 5.91 Å². The predicted octanol–water partition coefficient (Wildman–Crippen LogP) is 1.70. The Morgan fingerprint density at radius 3 is 2.56 bits per heavy atom. The van der Waals surface area contributed by atoms with E-state index in [2.05, 4.69) is 0 Å². The molecule has 1 unspecified atom stereocenters. The van der Waals surface area contributed by atoms with E-state index in [0.29, 0.717) is 6.04 Å². The van der Waals surface area contributed by atoms with Crippen LogP contribution >= 0.6 is 0 Å². The first-order valence-electron chi connectivity index (χ1n) is 5.85. The highest BCUT2D eigenvalue weighted by Crippen LogP contribution is 2.28. The van der Waals surface area contributed by atoms with Crippen LogP contribution in [0.3, 0.4) is 0 Å². The van der Waals surface area contributed by atoms with Crippen LogP contribution < -0.4 is 5.73 Å². The Bertz CT molecular complexity index is 359. The van der Waals surface area contributed by atoms with Gasteiger partial charge in [-0.05, 0) is 25.3 Å². The van der Waals surface area contributed by atoms with Gasteiger partial charge in [0.2, 0.25) is 5.91 Å². The molecule has 0 aliphatic heterocycles. The molecule has 16 heavy (non-hydrogen) atoms. The predicted molar refractivity (Wildman–Crippen MR) is 63.8 cm³/mol. The van der Waals surface area contributed by atoms with Crippen molar-refractivity contribution in [1.82, 2.24) is 4.90 Å². The van der Waals surface area contributed by atoms with Gasteiger partial charge >= 0.3 is 0 Å². The zero-order valence-corrected chi connectivity index (χ0v) is 9.60. The highest BCUT2D eigenvalue weighted by molar-refractivity contribution is 5.83. The van der Waals surface area contributed by atoms with Crippen molar-refractivity contribution < 1.29 is 4.79 Å². The normalized spacial score (nSPS) is 16.9. The molecular weight excluding hydrogens is 200 g/mol. The molecule has 0 heterocycles. The van der Waals surface area contributed by atoms with Crippen molar-refractivity contribution in [3.8, 4) is 0 Å². The van der Waals surface area contributed by atoms with Gasteiger partial charge in [-0.3, -0.25) is 4.79 Å². The van der Waals surface area contributed by atoms with Gasteiger partial charge in [0.05, 0.1) is 0 Å². The molecule has 0 spiro atoms. The second-order valence-electron chi connectivity index (χ2n) is 4.24.